The van der Waals surface area contributed by atoms with E-state index < -0.39 is 0 Å². The van der Waals surface area contributed by atoms with Crippen molar-refractivity contribution in [1.29, 1.82) is 0 Å². The molecule has 19 heavy (non-hydrogen) atoms. The van der Waals surface area contributed by atoms with Gasteiger partial charge in [0.1, 0.15) is 0 Å². The number of aliphatic hydroxyl groups excluding tert-OH is 1. The van der Waals surface area contributed by atoms with Gasteiger partial charge in [0.15, 0.2) is 0 Å². The Balaban J connectivity index is 1.92. The summed E-state index contributed by atoms with van der Waals surface area (Å²) in [4.78, 5) is 6.60. The average Bonchev–Trinajstić information content (AvgIpc) is 2.41. The number of fused-ring (bicyclic) bond motifs is 1. The zero-order valence-electron chi connectivity index (χ0n) is 10.5. The maximum absolute atomic E-state index is 9.98. The standard InChI is InChI=1S/C15H15BrN2O/c16-12-6-15-14(17-8-12)7-13(19)10-18(15)9-11-4-2-1-3-5-11/h1-6,8,13,19H,7,9-10H2/t13-/m1/s1. The normalized spacial score (nSPS) is 18.2. The third-order valence-electron chi connectivity index (χ3n) is 3.33. The third-order valence-corrected chi connectivity index (χ3v) is 3.76. The zero-order valence-corrected chi connectivity index (χ0v) is 12.0. The molecule has 0 aliphatic carbocycles. The molecule has 1 aromatic carbocycles. The second-order valence-electron chi connectivity index (χ2n) is 4.84. The SMILES string of the molecule is O[C@@H]1Cc2ncc(Br)cc2N(Cc2ccccc2)C1. The summed E-state index contributed by atoms with van der Waals surface area (Å²) in [7, 11) is 0. The second-order valence-corrected chi connectivity index (χ2v) is 5.76. The summed E-state index contributed by atoms with van der Waals surface area (Å²) in [5, 5.41) is 9.98. The molecule has 0 bridgehead atoms. The van der Waals surface area contributed by atoms with Gasteiger partial charge in [0, 0.05) is 30.2 Å². The topological polar surface area (TPSA) is 36.4 Å². The van der Waals surface area contributed by atoms with Crippen LogP contribution in [0.25, 0.3) is 0 Å². The molecule has 2 aromatic rings. The second kappa shape index (κ2) is 5.31. The van der Waals surface area contributed by atoms with Gasteiger partial charge in [-0.1, -0.05) is 30.3 Å². The Kier molecular flexibility index (Phi) is 3.53. The summed E-state index contributed by atoms with van der Waals surface area (Å²) < 4.78 is 0.973. The van der Waals surface area contributed by atoms with Crippen LogP contribution in [0.5, 0.6) is 0 Å². The molecule has 0 amide bonds. The van der Waals surface area contributed by atoms with Crippen molar-refractivity contribution >= 4 is 21.6 Å². The van der Waals surface area contributed by atoms with Crippen LogP contribution in [-0.2, 0) is 13.0 Å². The van der Waals surface area contributed by atoms with Crippen molar-refractivity contribution in [3.8, 4) is 0 Å². The van der Waals surface area contributed by atoms with Crippen LogP contribution in [0.1, 0.15) is 11.3 Å². The van der Waals surface area contributed by atoms with Gasteiger partial charge in [-0.05, 0) is 27.6 Å². The third kappa shape index (κ3) is 2.80. The first-order chi connectivity index (χ1) is 9.22. The first kappa shape index (κ1) is 12.6. The van der Waals surface area contributed by atoms with Gasteiger partial charge in [-0.15, -0.1) is 0 Å². The largest absolute Gasteiger partial charge is 0.391 e. The predicted octanol–water partition coefficient (Wildman–Crippen LogP) is 2.77. The highest BCUT2D eigenvalue weighted by atomic mass is 79.9. The van der Waals surface area contributed by atoms with Gasteiger partial charge in [0.25, 0.3) is 0 Å². The van der Waals surface area contributed by atoms with E-state index in [-0.39, 0.29) is 6.10 Å². The monoisotopic (exact) mass is 318 g/mol. The molecule has 0 radical (unpaired) electrons. The zero-order chi connectivity index (χ0) is 13.2. The lowest BCUT2D eigenvalue weighted by molar-refractivity contribution is 0.173. The molecule has 1 aliphatic rings. The lowest BCUT2D eigenvalue weighted by Crippen LogP contribution is -2.38. The predicted molar refractivity (Wildman–Crippen MR) is 79.1 cm³/mol. The van der Waals surface area contributed by atoms with Crippen LogP contribution in [0.15, 0.2) is 47.1 Å². The summed E-state index contributed by atoms with van der Waals surface area (Å²) in [6.07, 6.45) is 2.08. The fourth-order valence-corrected chi connectivity index (χ4v) is 2.80. The van der Waals surface area contributed by atoms with Crippen LogP contribution in [0.3, 0.4) is 0 Å². The highest BCUT2D eigenvalue weighted by molar-refractivity contribution is 9.10. The summed E-state index contributed by atoms with van der Waals surface area (Å²) in [6, 6.07) is 12.4. The van der Waals surface area contributed by atoms with E-state index in [1.807, 2.05) is 18.2 Å². The smallest absolute Gasteiger partial charge is 0.0771 e. The van der Waals surface area contributed by atoms with Crippen molar-refractivity contribution < 1.29 is 5.11 Å². The van der Waals surface area contributed by atoms with E-state index in [9.17, 15) is 5.11 Å². The van der Waals surface area contributed by atoms with Gasteiger partial charge in [0.2, 0.25) is 0 Å². The van der Waals surface area contributed by atoms with E-state index in [0.717, 1.165) is 22.4 Å². The first-order valence-electron chi connectivity index (χ1n) is 6.34. The number of rotatable bonds is 2. The molecule has 98 valence electrons. The quantitative estimate of drug-likeness (QED) is 0.925. The first-order valence-corrected chi connectivity index (χ1v) is 7.13. The number of aromatic nitrogens is 1. The van der Waals surface area contributed by atoms with Gasteiger partial charge in [-0.2, -0.15) is 0 Å². The molecule has 1 N–H and O–H groups in total. The van der Waals surface area contributed by atoms with Crippen molar-refractivity contribution in [1.82, 2.24) is 4.98 Å². The molecule has 4 heteroatoms. The molecule has 1 aromatic heterocycles. The van der Waals surface area contributed by atoms with Crippen molar-refractivity contribution in [2.24, 2.45) is 0 Å². The molecule has 2 heterocycles. The van der Waals surface area contributed by atoms with Crippen LogP contribution in [0, 0.1) is 0 Å². The van der Waals surface area contributed by atoms with Gasteiger partial charge in [-0.25, -0.2) is 0 Å². The lowest BCUT2D eigenvalue weighted by Gasteiger charge is -2.33. The average molecular weight is 319 g/mol. The summed E-state index contributed by atoms with van der Waals surface area (Å²) in [5.41, 5.74) is 3.32. The van der Waals surface area contributed by atoms with Gasteiger partial charge < -0.3 is 10.0 Å². The molecule has 0 saturated heterocycles. The summed E-state index contributed by atoms with van der Waals surface area (Å²) in [5.74, 6) is 0. The van der Waals surface area contributed by atoms with E-state index in [1.54, 1.807) is 6.20 Å². The summed E-state index contributed by atoms with van der Waals surface area (Å²) in [6.45, 7) is 1.45. The molecule has 0 unspecified atom stereocenters. The summed E-state index contributed by atoms with van der Waals surface area (Å²) >= 11 is 3.47. The molecular formula is C15H15BrN2O. The minimum absolute atomic E-state index is 0.343. The Morgan fingerprint density at radius 2 is 2.11 bits per heavy atom. The van der Waals surface area contributed by atoms with Crippen molar-refractivity contribution in [2.45, 2.75) is 19.1 Å². The van der Waals surface area contributed by atoms with Crippen molar-refractivity contribution in [3.63, 3.8) is 0 Å². The molecule has 3 nitrogen and oxygen atoms in total. The number of hydrogen-bond acceptors (Lipinski definition) is 3. The van der Waals surface area contributed by atoms with E-state index in [2.05, 4.69) is 44.0 Å². The minimum atomic E-state index is -0.343. The molecule has 0 fully saturated rings. The van der Waals surface area contributed by atoms with Gasteiger partial charge in [-0.3, -0.25) is 4.98 Å². The number of β-amino-alcohol motifs (C(OH)–C–C–N with tert-alkyl or cyclic N) is 1. The lowest BCUT2D eigenvalue weighted by atomic mass is 10.0. The molecule has 0 saturated carbocycles. The molecular weight excluding hydrogens is 304 g/mol. The number of halogens is 1. The Morgan fingerprint density at radius 1 is 1.32 bits per heavy atom. The Morgan fingerprint density at radius 3 is 2.89 bits per heavy atom. The van der Waals surface area contributed by atoms with Crippen LogP contribution >= 0.6 is 15.9 Å². The molecule has 0 spiro atoms. The highest BCUT2D eigenvalue weighted by Crippen LogP contribution is 2.29. The Hall–Kier alpha value is -1.39. The van der Waals surface area contributed by atoms with Crippen LogP contribution in [-0.4, -0.2) is 22.7 Å². The highest BCUT2D eigenvalue weighted by Gasteiger charge is 2.24. The van der Waals surface area contributed by atoms with Gasteiger partial charge in [0.05, 0.1) is 17.5 Å². The number of benzene rings is 1. The maximum atomic E-state index is 9.98. The number of anilines is 1. The Labute approximate surface area is 121 Å². The molecule has 1 aliphatic heterocycles. The van der Waals surface area contributed by atoms with E-state index in [1.165, 1.54) is 5.56 Å². The maximum Gasteiger partial charge on any atom is 0.0771 e. The van der Waals surface area contributed by atoms with E-state index in [4.69, 9.17) is 0 Å². The number of pyridine rings is 1. The fourth-order valence-electron chi connectivity index (χ4n) is 2.48. The van der Waals surface area contributed by atoms with E-state index in [0.29, 0.717) is 13.0 Å². The molecule has 1 atom stereocenters. The van der Waals surface area contributed by atoms with E-state index >= 15 is 0 Å². The molecule has 3 rings (SSSR count). The van der Waals surface area contributed by atoms with Crippen LogP contribution in [0.4, 0.5) is 5.69 Å². The number of aliphatic hydroxyl groups is 1. The Bertz CT molecular complexity index is 574. The number of nitrogens with zero attached hydrogens (tertiary/aromatic N) is 2. The van der Waals surface area contributed by atoms with Crippen molar-refractivity contribution in [3.05, 3.63) is 58.3 Å². The van der Waals surface area contributed by atoms with Crippen molar-refractivity contribution in [2.75, 3.05) is 11.4 Å². The minimum Gasteiger partial charge on any atom is -0.391 e. The number of hydrogen-bond donors (Lipinski definition) is 1. The van der Waals surface area contributed by atoms with Crippen LogP contribution in [0.2, 0.25) is 0 Å². The fraction of sp³-hybridized carbons (Fsp3) is 0.267. The van der Waals surface area contributed by atoms with Gasteiger partial charge >= 0.3 is 0 Å². The van der Waals surface area contributed by atoms with Crippen LogP contribution < -0.4 is 4.90 Å².